The van der Waals surface area contributed by atoms with Crippen molar-refractivity contribution in [1.82, 2.24) is 0 Å². The van der Waals surface area contributed by atoms with Crippen LogP contribution < -0.4 is 19.9 Å². The van der Waals surface area contributed by atoms with Crippen LogP contribution in [-0.4, -0.2) is 21.3 Å². The van der Waals surface area contributed by atoms with Gasteiger partial charge in [-0.05, 0) is 18.4 Å². The van der Waals surface area contributed by atoms with Crippen molar-refractivity contribution in [2.24, 2.45) is 11.7 Å². The summed E-state index contributed by atoms with van der Waals surface area (Å²) in [6, 6.07) is 3.66. The van der Waals surface area contributed by atoms with Gasteiger partial charge >= 0.3 is 0 Å². The van der Waals surface area contributed by atoms with Gasteiger partial charge in [-0.3, -0.25) is 0 Å². The van der Waals surface area contributed by atoms with Gasteiger partial charge in [-0.1, -0.05) is 20.3 Å². The van der Waals surface area contributed by atoms with Crippen molar-refractivity contribution in [1.29, 1.82) is 0 Å². The van der Waals surface area contributed by atoms with Crippen LogP contribution in [0.1, 0.15) is 38.3 Å². The van der Waals surface area contributed by atoms with Gasteiger partial charge in [0.05, 0.1) is 21.3 Å². The first-order valence-electron chi connectivity index (χ1n) is 6.64. The van der Waals surface area contributed by atoms with E-state index in [9.17, 15) is 0 Å². The van der Waals surface area contributed by atoms with Gasteiger partial charge in [-0.25, -0.2) is 0 Å². The maximum Gasteiger partial charge on any atom is 0.164 e. The highest BCUT2D eigenvalue weighted by Gasteiger charge is 2.21. The zero-order valence-corrected chi connectivity index (χ0v) is 12.5. The molecule has 4 heteroatoms. The molecule has 19 heavy (non-hydrogen) atoms. The van der Waals surface area contributed by atoms with Gasteiger partial charge in [0.25, 0.3) is 0 Å². The molecule has 1 rings (SSSR count). The summed E-state index contributed by atoms with van der Waals surface area (Å²) in [6.07, 6.45) is 2.20. The molecule has 0 aliphatic rings. The topological polar surface area (TPSA) is 53.7 Å². The lowest BCUT2D eigenvalue weighted by Crippen LogP contribution is -2.20. The highest BCUT2D eigenvalue weighted by Crippen LogP contribution is 2.39. The van der Waals surface area contributed by atoms with E-state index in [0.29, 0.717) is 17.4 Å². The first kappa shape index (κ1) is 15.6. The van der Waals surface area contributed by atoms with E-state index >= 15 is 0 Å². The van der Waals surface area contributed by atoms with Gasteiger partial charge in [0.15, 0.2) is 11.5 Å². The molecule has 1 aromatic rings. The van der Waals surface area contributed by atoms with Crippen molar-refractivity contribution in [2.45, 2.75) is 32.7 Å². The molecular formula is C15H25NO3. The molecule has 0 aliphatic carbocycles. The van der Waals surface area contributed by atoms with Crippen LogP contribution in [0, 0.1) is 5.92 Å². The minimum atomic E-state index is -0.0743. The Labute approximate surface area is 115 Å². The molecule has 4 nitrogen and oxygen atoms in total. The van der Waals surface area contributed by atoms with Crippen LogP contribution in [0.2, 0.25) is 0 Å². The average molecular weight is 267 g/mol. The molecule has 0 fully saturated rings. The average Bonchev–Trinajstić information content (AvgIpc) is 2.45. The fourth-order valence-corrected chi connectivity index (χ4v) is 2.25. The van der Waals surface area contributed by atoms with Gasteiger partial charge < -0.3 is 19.9 Å². The summed E-state index contributed by atoms with van der Waals surface area (Å²) in [6.45, 7) is 4.32. The van der Waals surface area contributed by atoms with Crippen molar-refractivity contribution in [2.75, 3.05) is 21.3 Å². The lowest BCUT2D eigenvalue weighted by Gasteiger charge is -2.23. The zero-order chi connectivity index (χ0) is 14.4. The smallest absolute Gasteiger partial charge is 0.164 e. The SMILES string of the molecule is CCCC(C)C(N)c1cc(OC)c(OC)cc1OC. The lowest BCUT2D eigenvalue weighted by molar-refractivity contribution is 0.342. The van der Waals surface area contributed by atoms with Crippen molar-refractivity contribution in [3.05, 3.63) is 17.7 Å². The number of hydrogen-bond acceptors (Lipinski definition) is 4. The van der Waals surface area contributed by atoms with Crippen molar-refractivity contribution < 1.29 is 14.2 Å². The highest BCUT2D eigenvalue weighted by atomic mass is 16.5. The Hall–Kier alpha value is -1.42. The molecule has 0 aromatic heterocycles. The first-order valence-corrected chi connectivity index (χ1v) is 6.64. The van der Waals surface area contributed by atoms with Gasteiger partial charge in [0, 0.05) is 17.7 Å². The van der Waals surface area contributed by atoms with Crippen molar-refractivity contribution in [3.8, 4) is 17.2 Å². The second-order valence-corrected chi connectivity index (χ2v) is 4.74. The maximum atomic E-state index is 6.34. The fourth-order valence-electron chi connectivity index (χ4n) is 2.25. The van der Waals surface area contributed by atoms with Gasteiger partial charge in [0.2, 0.25) is 0 Å². The monoisotopic (exact) mass is 267 g/mol. The molecular weight excluding hydrogens is 242 g/mol. The molecule has 1 aromatic carbocycles. The quantitative estimate of drug-likeness (QED) is 0.824. The molecule has 0 saturated carbocycles. The normalized spacial score (nSPS) is 13.8. The summed E-state index contributed by atoms with van der Waals surface area (Å²) in [5.41, 5.74) is 7.30. The lowest BCUT2D eigenvalue weighted by atomic mass is 9.91. The van der Waals surface area contributed by atoms with E-state index < -0.39 is 0 Å². The number of rotatable bonds is 7. The minimum Gasteiger partial charge on any atom is -0.496 e. The Morgan fingerprint density at radius 2 is 1.53 bits per heavy atom. The van der Waals surface area contributed by atoms with E-state index in [4.69, 9.17) is 19.9 Å². The van der Waals surface area contributed by atoms with E-state index in [-0.39, 0.29) is 6.04 Å². The number of hydrogen-bond donors (Lipinski definition) is 1. The third kappa shape index (κ3) is 3.53. The summed E-state index contributed by atoms with van der Waals surface area (Å²) in [4.78, 5) is 0. The predicted molar refractivity (Wildman–Crippen MR) is 77.1 cm³/mol. The van der Waals surface area contributed by atoms with Gasteiger partial charge in [-0.15, -0.1) is 0 Å². The zero-order valence-electron chi connectivity index (χ0n) is 12.5. The highest BCUT2D eigenvalue weighted by molar-refractivity contribution is 5.51. The second kappa shape index (κ2) is 7.24. The minimum absolute atomic E-state index is 0.0743. The Morgan fingerprint density at radius 3 is 2.00 bits per heavy atom. The molecule has 2 atom stereocenters. The Morgan fingerprint density at radius 1 is 1.00 bits per heavy atom. The largest absolute Gasteiger partial charge is 0.496 e. The van der Waals surface area contributed by atoms with E-state index in [1.165, 1.54) is 0 Å². The summed E-state index contributed by atoms with van der Waals surface area (Å²) >= 11 is 0. The predicted octanol–water partition coefficient (Wildman–Crippen LogP) is 3.15. The van der Waals surface area contributed by atoms with Crippen molar-refractivity contribution in [3.63, 3.8) is 0 Å². The van der Waals surface area contributed by atoms with Crippen LogP contribution in [0.4, 0.5) is 0 Å². The standard InChI is InChI=1S/C15H25NO3/c1-6-7-10(2)15(16)11-8-13(18-4)14(19-5)9-12(11)17-3/h8-10,15H,6-7,16H2,1-5H3. The van der Waals surface area contributed by atoms with Gasteiger partial charge in [-0.2, -0.15) is 0 Å². The maximum absolute atomic E-state index is 6.34. The summed E-state index contributed by atoms with van der Waals surface area (Å²) < 4.78 is 16.0. The summed E-state index contributed by atoms with van der Waals surface area (Å²) in [7, 11) is 4.87. The molecule has 0 saturated heterocycles. The van der Waals surface area contributed by atoms with Crippen LogP contribution in [0.5, 0.6) is 17.2 Å². The molecule has 0 heterocycles. The molecule has 0 bridgehead atoms. The first-order chi connectivity index (χ1) is 9.08. The summed E-state index contributed by atoms with van der Waals surface area (Å²) in [5.74, 6) is 2.46. The molecule has 2 unspecified atom stereocenters. The number of benzene rings is 1. The Bertz CT molecular complexity index is 407. The van der Waals surface area contributed by atoms with E-state index in [2.05, 4.69) is 13.8 Å². The molecule has 0 aliphatic heterocycles. The van der Waals surface area contributed by atoms with Crippen LogP contribution in [0.3, 0.4) is 0 Å². The van der Waals surface area contributed by atoms with E-state index in [1.807, 2.05) is 12.1 Å². The number of nitrogens with two attached hydrogens (primary N) is 1. The molecule has 2 N–H and O–H groups in total. The fraction of sp³-hybridized carbons (Fsp3) is 0.600. The number of ether oxygens (including phenoxy) is 3. The Balaban J connectivity index is 3.17. The van der Waals surface area contributed by atoms with Crippen LogP contribution in [0.25, 0.3) is 0 Å². The molecule has 108 valence electrons. The molecule has 0 radical (unpaired) electrons. The molecule has 0 amide bonds. The third-order valence-electron chi connectivity index (χ3n) is 3.45. The van der Waals surface area contributed by atoms with E-state index in [0.717, 1.165) is 24.2 Å². The van der Waals surface area contributed by atoms with E-state index in [1.54, 1.807) is 21.3 Å². The third-order valence-corrected chi connectivity index (χ3v) is 3.45. The van der Waals surface area contributed by atoms with Crippen LogP contribution >= 0.6 is 0 Å². The Kier molecular flexibility index (Phi) is 5.96. The molecule has 0 spiro atoms. The summed E-state index contributed by atoms with van der Waals surface area (Å²) in [5, 5.41) is 0. The van der Waals surface area contributed by atoms with Crippen molar-refractivity contribution >= 4 is 0 Å². The second-order valence-electron chi connectivity index (χ2n) is 4.74. The number of methoxy groups -OCH3 is 3. The van der Waals surface area contributed by atoms with Crippen LogP contribution in [0.15, 0.2) is 12.1 Å². The van der Waals surface area contributed by atoms with Crippen LogP contribution in [-0.2, 0) is 0 Å². The van der Waals surface area contributed by atoms with Gasteiger partial charge in [0.1, 0.15) is 5.75 Å².